The Morgan fingerprint density at radius 1 is 1.11 bits per heavy atom. The fraction of sp³-hybridized carbons (Fsp3) is 0.409. The Labute approximate surface area is 161 Å². The summed E-state index contributed by atoms with van der Waals surface area (Å²) in [7, 11) is 0. The molecule has 0 radical (unpaired) electrons. The van der Waals surface area contributed by atoms with Crippen molar-refractivity contribution in [2.45, 2.75) is 26.4 Å². The molecular formula is C22H29N2O3+. The van der Waals surface area contributed by atoms with Crippen LogP contribution in [0.2, 0.25) is 0 Å². The van der Waals surface area contributed by atoms with Gasteiger partial charge in [0, 0.05) is 23.4 Å². The normalized spacial score (nSPS) is 15.3. The van der Waals surface area contributed by atoms with Crippen LogP contribution in [-0.2, 0) is 17.8 Å². The molecule has 5 heteroatoms. The summed E-state index contributed by atoms with van der Waals surface area (Å²) < 4.78 is 10.9. The van der Waals surface area contributed by atoms with Gasteiger partial charge >= 0.3 is 0 Å². The second kappa shape index (κ2) is 10.1. The first-order valence-corrected chi connectivity index (χ1v) is 9.69. The molecule has 0 atom stereocenters. The number of phenolic OH excluding ortho intramolecular Hbond substituents is 1. The van der Waals surface area contributed by atoms with E-state index in [9.17, 15) is 5.11 Å². The molecule has 144 valence electrons. The molecule has 0 aromatic heterocycles. The number of quaternary nitrogens is 1. The fourth-order valence-corrected chi connectivity index (χ4v) is 3.08. The van der Waals surface area contributed by atoms with Crippen molar-refractivity contribution in [3.63, 3.8) is 0 Å². The van der Waals surface area contributed by atoms with Crippen LogP contribution in [0.3, 0.4) is 0 Å². The number of aliphatic imine (C=N–C) groups is 1. The number of ether oxygens (including phenoxy) is 2. The topological polar surface area (TPSA) is 55.5 Å². The molecule has 0 unspecified atom stereocenters. The van der Waals surface area contributed by atoms with Crippen LogP contribution in [0, 0.1) is 0 Å². The Balaban J connectivity index is 1.51. The van der Waals surface area contributed by atoms with E-state index in [-0.39, 0.29) is 5.75 Å². The van der Waals surface area contributed by atoms with Crippen LogP contribution < -0.4 is 9.64 Å². The lowest BCUT2D eigenvalue weighted by Gasteiger charge is -2.23. The van der Waals surface area contributed by atoms with Gasteiger partial charge in [0.1, 0.15) is 31.1 Å². The van der Waals surface area contributed by atoms with Crippen molar-refractivity contribution in [2.75, 3.05) is 32.9 Å². The molecule has 0 aliphatic carbocycles. The number of nitrogens with one attached hydrogen (secondary N) is 1. The third kappa shape index (κ3) is 6.08. The second-order valence-electron chi connectivity index (χ2n) is 6.89. The minimum atomic E-state index is 0.191. The number of rotatable bonds is 8. The third-order valence-corrected chi connectivity index (χ3v) is 4.66. The maximum atomic E-state index is 10.1. The van der Waals surface area contributed by atoms with E-state index in [2.05, 4.69) is 36.2 Å². The molecule has 0 bridgehead atoms. The summed E-state index contributed by atoms with van der Waals surface area (Å²) in [5.41, 5.74) is 3.21. The van der Waals surface area contributed by atoms with Crippen molar-refractivity contribution in [3.05, 3.63) is 59.2 Å². The second-order valence-corrected chi connectivity index (χ2v) is 6.89. The highest BCUT2D eigenvalue weighted by atomic mass is 16.5. The van der Waals surface area contributed by atoms with Gasteiger partial charge in [0.15, 0.2) is 0 Å². The molecule has 1 aliphatic heterocycles. The molecule has 0 saturated carbocycles. The lowest BCUT2D eigenvalue weighted by atomic mass is 10.1. The number of phenols is 1. The summed E-state index contributed by atoms with van der Waals surface area (Å²) in [6.07, 6.45) is 2.65. The Bertz CT molecular complexity index is 738. The highest BCUT2D eigenvalue weighted by Crippen LogP contribution is 2.22. The molecule has 2 N–H and O–H groups in total. The number of nitrogens with zero attached hydrogens (tertiary/aromatic N) is 1. The Hall–Kier alpha value is -2.37. The molecule has 2 aromatic rings. The van der Waals surface area contributed by atoms with Gasteiger partial charge in [-0.05, 0) is 24.1 Å². The standard InChI is InChI=1S/C22H28N2O3/c1-2-11-27-21-8-7-20(22(25)14-21)16-23-15-18-3-5-19(6-4-18)17-24-9-12-26-13-10-24/h3-8,14,16,25H,2,9-13,15,17H2,1H3/p+1. The highest BCUT2D eigenvalue weighted by Gasteiger charge is 2.13. The quantitative estimate of drug-likeness (QED) is 0.702. The van der Waals surface area contributed by atoms with Gasteiger partial charge in [-0.3, -0.25) is 4.99 Å². The van der Waals surface area contributed by atoms with Crippen molar-refractivity contribution in [1.29, 1.82) is 0 Å². The Morgan fingerprint density at radius 3 is 2.56 bits per heavy atom. The van der Waals surface area contributed by atoms with Crippen LogP contribution in [0.1, 0.15) is 30.0 Å². The van der Waals surface area contributed by atoms with Crippen LogP contribution in [0.5, 0.6) is 11.5 Å². The maximum Gasteiger partial charge on any atom is 0.128 e. The van der Waals surface area contributed by atoms with Crippen molar-refractivity contribution in [1.82, 2.24) is 0 Å². The van der Waals surface area contributed by atoms with E-state index >= 15 is 0 Å². The van der Waals surface area contributed by atoms with E-state index in [1.54, 1.807) is 17.2 Å². The number of hydrogen-bond donors (Lipinski definition) is 2. The van der Waals surface area contributed by atoms with E-state index in [1.165, 1.54) is 5.56 Å². The average Bonchev–Trinajstić information content (AvgIpc) is 2.70. The van der Waals surface area contributed by atoms with Crippen molar-refractivity contribution in [2.24, 2.45) is 4.99 Å². The smallest absolute Gasteiger partial charge is 0.128 e. The van der Waals surface area contributed by atoms with Crippen LogP contribution in [0.15, 0.2) is 47.5 Å². The van der Waals surface area contributed by atoms with E-state index in [0.29, 0.717) is 24.5 Å². The van der Waals surface area contributed by atoms with E-state index in [4.69, 9.17) is 9.47 Å². The Morgan fingerprint density at radius 2 is 1.85 bits per heavy atom. The third-order valence-electron chi connectivity index (χ3n) is 4.66. The predicted molar refractivity (Wildman–Crippen MR) is 107 cm³/mol. The molecule has 0 amide bonds. The van der Waals surface area contributed by atoms with E-state index in [0.717, 1.165) is 44.8 Å². The molecule has 1 saturated heterocycles. The number of morpholine rings is 1. The van der Waals surface area contributed by atoms with Gasteiger partial charge in [0.25, 0.3) is 0 Å². The van der Waals surface area contributed by atoms with Gasteiger partial charge in [0.2, 0.25) is 0 Å². The molecule has 3 rings (SSSR count). The summed E-state index contributed by atoms with van der Waals surface area (Å²) in [6, 6.07) is 14.0. The van der Waals surface area contributed by atoms with Crippen LogP contribution in [-0.4, -0.2) is 44.2 Å². The monoisotopic (exact) mass is 369 g/mol. The van der Waals surface area contributed by atoms with Gasteiger partial charge in [-0.1, -0.05) is 31.2 Å². The van der Waals surface area contributed by atoms with Crippen molar-refractivity contribution < 1.29 is 19.5 Å². The first kappa shape index (κ1) is 19.4. The van der Waals surface area contributed by atoms with Crippen molar-refractivity contribution >= 4 is 6.21 Å². The van der Waals surface area contributed by atoms with Gasteiger partial charge in [-0.2, -0.15) is 0 Å². The van der Waals surface area contributed by atoms with Gasteiger partial charge in [-0.25, -0.2) is 0 Å². The number of hydrogen-bond acceptors (Lipinski definition) is 4. The summed E-state index contributed by atoms with van der Waals surface area (Å²) >= 11 is 0. The summed E-state index contributed by atoms with van der Waals surface area (Å²) in [5.74, 6) is 0.876. The molecule has 5 nitrogen and oxygen atoms in total. The van der Waals surface area contributed by atoms with Crippen LogP contribution in [0.4, 0.5) is 0 Å². The minimum absolute atomic E-state index is 0.191. The number of benzene rings is 2. The molecule has 1 aliphatic rings. The van der Waals surface area contributed by atoms with Crippen LogP contribution >= 0.6 is 0 Å². The molecular weight excluding hydrogens is 340 g/mol. The zero-order chi connectivity index (χ0) is 18.9. The summed E-state index contributed by atoms with van der Waals surface area (Å²) in [4.78, 5) is 6.04. The average molecular weight is 369 g/mol. The van der Waals surface area contributed by atoms with E-state index in [1.807, 2.05) is 12.1 Å². The minimum Gasteiger partial charge on any atom is -0.507 e. The highest BCUT2D eigenvalue weighted by molar-refractivity contribution is 5.83. The molecule has 27 heavy (non-hydrogen) atoms. The van der Waals surface area contributed by atoms with Crippen molar-refractivity contribution in [3.8, 4) is 11.5 Å². The van der Waals surface area contributed by atoms with Gasteiger partial charge in [0.05, 0.1) is 26.4 Å². The molecule has 1 fully saturated rings. The molecule has 1 heterocycles. The molecule has 0 spiro atoms. The SMILES string of the molecule is CCCOc1ccc(C=NCc2ccc(C[NH+]3CCOCC3)cc2)c(O)c1. The lowest BCUT2D eigenvalue weighted by molar-refractivity contribution is -0.921. The predicted octanol–water partition coefficient (Wildman–Crippen LogP) is 2.22. The summed E-state index contributed by atoms with van der Waals surface area (Å²) in [6.45, 7) is 8.23. The Kier molecular flexibility index (Phi) is 7.25. The number of aromatic hydroxyl groups is 1. The molecule has 2 aromatic carbocycles. The fourth-order valence-electron chi connectivity index (χ4n) is 3.08. The maximum absolute atomic E-state index is 10.1. The summed E-state index contributed by atoms with van der Waals surface area (Å²) in [5, 5.41) is 10.1. The van der Waals surface area contributed by atoms with E-state index < -0.39 is 0 Å². The first-order chi connectivity index (χ1) is 13.2. The zero-order valence-electron chi connectivity index (χ0n) is 16.0. The first-order valence-electron chi connectivity index (χ1n) is 9.69. The van der Waals surface area contributed by atoms with Gasteiger partial charge in [-0.15, -0.1) is 0 Å². The zero-order valence-corrected chi connectivity index (χ0v) is 16.0. The van der Waals surface area contributed by atoms with Gasteiger partial charge < -0.3 is 19.5 Å². The van der Waals surface area contributed by atoms with Crippen LogP contribution in [0.25, 0.3) is 0 Å². The lowest BCUT2D eigenvalue weighted by Crippen LogP contribution is -3.12. The largest absolute Gasteiger partial charge is 0.507 e.